The molecule has 0 aliphatic carbocycles. The van der Waals surface area contributed by atoms with E-state index >= 15 is 0 Å². The molecule has 1 aliphatic heterocycles. The van der Waals surface area contributed by atoms with Crippen molar-refractivity contribution in [2.45, 2.75) is 71.4 Å². The molecule has 17 heavy (non-hydrogen) atoms. The van der Waals surface area contributed by atoms with E-state index in [1.165, 1.54) is 24.8 Å². The van der Waals surface area contributed by atoms with E-state index < -0.39 is 5.60 Å². The molecule has 0 radical (unpaired) electrons. The van der Waals surface area contributed by atoms with Crippen molar-refractivity contribution in [1.82, 2.24) is 4.90 Å². The van der Waals surface area contributed by atoms with Crippen molar-refractivity contribution < 1.29 is 5.11 Å². The maximum absolute atomic E-state index is 10.6. The Balaban J connectivity index is 2.73. The van der Waals surface area contributed by atoms with Crippen LogP contribution in [0.3, 0.4) is 0 Å². The van der Waals surface area contributed by atoms with Crippen molar-refractivity contribution in [2.24, 2.45) is 0 Å². The number of rotatable bonds is 5. The van der Waals surface area contributed by atoms with Gasteiger partial charge in [-0.25, -0.2) is 0 Å². The Labute approximate surface area is 107 Å². The van der Waals surface area contributed by atoms with E-state index in [4.69, 9.17) is 0 Å². The molecule has 1 N–H and O–H groups in total. The lowest BCUT2D eigenvalue weighted by Gasteiger charge is -2.42. The second-order valence-electron chi connectivity index (χ2n) is 5.84. The first kappa shape index (κ1) is 14.7. The van der Waals surface area contributed by atoms with Gasteiger partial charge in [0, 0.05) is 6.04 Å². The third kappa shape index (κ3) is 4.44. The van der Waals surface area contributed by atoms with Gasteiger partial charge in [0.05, 0.1) is 5.60 Å². The summed E-state index contributed by atoms with van der Waals surface area (Å²) in [6.45, 7) is 10.6. The van der Waals surface area contributed by atoms with Crippen molar-refractivity contribution >= 4 is 0 Å². The standard InChI is InChI=1S/C15H29NO/c1-5-15(4,17)14(10-9-13(2)3)16-11-7-6-8-12-16/h9,14,17H,5-8,10-12H2,1-4H3. The monoisotopic (exact) mass is 239 g/mol. The number of likely N-dealkylation sites (tertiary alicyclic amines) is 1. The molecule has 0 saturated carbocycles. The molecule has 1 heterocycles. The highest BCUT2D eigenvalue weighted by Gasteiger charge is 2.34. The molecule has 0 aromatic heterocycles. The van der Waals surface area contributed by atoms with E-state index in [0.717, 1.165) is 25.9 Å². The Bertz CT molecular complexity index is 248. The maximum atomic E-state index is 10.6. The van der Waals surface area contributed by atoms with Crippen molar-refractivity contribution in [1.29, 1.82) is 0 Å². The smallest absolute Gasteiger partial charge is 0.0774 e. The molecular formula is C15H29NO. The van der Waals surface area contributed by atoms with Gasteiger partial charge in [-0.1, -0.05) is 25.0 Å². The van der Waals surface area contributed by atoms with Gasteiger partial charge < -0.3 is 5.11 Å². The van der Waals surface area contributed by atoms with Gasteiger partial charge in [0.1, 0.15) is 0 Å². The Morgan fingerprint density at radius 2 is 1.88 bits per heavy atom. The maximum Gasteiger partial charge on any atom is 0.0774 e. The van der Waals surface area contributed by atoms with Crippen molar-refractivity contribution in [3.05, 3.63) is 11.6 Å². The number of nitrogens with zero attached hydrogens (tertiary/aromatic N) is 1. The molecule has 1 saturated heterocycles. The normalized spacial score (nSPS) is 22.9. The highest BCUT2D eigenvalue weighted by molar-refractivity contribution is 5.00. The quantitative estimate of drug-likeness (QED) is 0.744. The minimum atomic E-state index is -0.566. The fraction of sp³-hybridized carbons (Fsp3) is 0.867. The molecule has 2 nitrogen and oxygen atoms in total. The summed E-state index contributed by atoms with van der Waals surface area (Å²) in [6.07, 6.45) is 7.98. The second kappa shape index (κ2) is 6.55. The topological polar surface area (TPSA) is 23.5 Å². The van der Waals surface area contributed by atoms with Crippen molar-refractivity contribution in [2.75, 3.05) is 13.1 Å². The molecule has 0 aromatic rings. The van der Waals surface area contributed by atoms with E-state index in [1.54, 1.807) is 0 Å². The first-order valence-electron chi connectivity index (χ1n) is 7.07. The summed E-state index contributed by atoms with van der Waals surface area (Å²) < 4.78 is 0. The van der Waals surface area contributed by atoms with Gasteiger partial charge in [0.15, 0.2) is 0 Å². The third-order valence-electron chi connectivity index (χ3n) is 4.01. The van der Waals surface area contributed by atoms with Crippen LogP contribution >= 0.6 is 0 Å². The molecule has 1 rings (SSSR count). The molecule has 0 spiro atoms. The van der Waals surface area contributed by atoms with Crippen LogP contribution in [0.15, 0.2) is 11.6 Å². The van der Waals surface area contributed by atoms with Crippen LogP contribution in [-0.2, 0) is 0 Å². The van der Waals surface area contributed by atoms with Gasteiger partial charge in [-0.3, -0.25) is 4.90 Å². The summed E-state index contributed by atoms with van der Waals surface area (Å²) in [4.78, 5) is 2.49. The zero-order chi connectivity index (χ0) is 12.9. The fourth-order valence-electron chi connectivity index (χ4n) is 2.61. The number of hydrogen-bond donors (Lipinski definition) is 1. The summed E-state index contributed by atoms with van der Waals surface area (Å²) in [5.74, 6) is 0. The molecular weight excluding hydrogens is 210 g/mol. The van der Waals surface area contributed by atoms with E-state index in [-0.39, 0.29) is 6.04 Å². The largest absolute Gasteiger partial charge is 0.389 e. The molecule has 2 heteroatoms. The Hall–Kier alpha value is -0.340. The number of allylic oxidation sites excluding steroid dienone is 1. The molecule has 1 aliphatic rings. The molecule has 2 unspecified atom stereocenters. The van der Waals surface area contributed by atoms with E-state index in [9.17, 15) is 5.11 Å². The van der Waals surface area contributed by atoms with Gasteiger partial charge in [-0.2, -0.15) is 0 Å². The lowest BCUT2D eigenvalue weighted by Crippen LogP contribution is -2.52. The Morgan fingerprint density at radius 1 is 1.29 bits per heavy atom. The molecule has 2 atom stereocenters. The second-order valence-corrected chi connectivity index (χ2v) is 5.84. The van der Waals surface area contributed by atoms with Crippen molar-refractivity contribution in [3.63, 3.8) is 0 Å². The van der Waals surface area contributed by atoms with Gasteiger partial charge in [-0.15, -0.1) is 0 Å². The zero-order valence-corrected chi connectivity index (χ0v) is 12.0. The van der Waals surface area contributed by atoms with Gasteiger partial charge in [0.2, 0.25) is 0 Å². The summed E-state index contributed by atoms with van der Waals surface area (Å²) >= 11 is 0. The first-order chi connectivity index (χ1) is 7.97. The minimum absolute atomic E-state index is 0.280. The van der Waals surface area contributed by atoms with Crippen LogP contribution in [0.1, 0.15) is 59.8 Å². The highest BCUT2D eigenvalue weighted by atomic mass is 16.3. The average molecular weight is 239 g/mol. The molecule has 1 fully saturated rings. The number of hydrogen-bond acceptors (Lipinski definition) is 2. The molecule has 100 valence electrons. The lowest BCUT2D eigenvalue weighted by molar-refractivity contribution is -0.0413. The molecule has 0 aromatic carbocycles. The van der Waals surface area contributed by atoms with Crippen LogP contribution in [0.5, 0.6) is 0 Å². The minimum Gasteiger partial charge on any atom is -0.389 e. The predicted molar refractivity (Wildman–Crippen MR) is 74.2 cm³/mol. The summed E-state index contributed by atoms with van der Waals surface area (Å²) in [5, 5.41) is 10.6. The number of piperidine rings is 1. The van der Waals surface area contributed by atoms with Gasteiger partial charge in [0.25, 0.3) is 0 Å². The van der Waals surface area contributed by atoms with Gasteiger partial charge >= 0.3 is 0 Å². The van der Waals surface area contributed by atoms with E-state index in [1.807, 2.05) is 6.92 Å². The lowest BCUT2D eigenvalue weighted by atomic mass is 9.88. The first-order valence-corrected chi connectivity index (χ1v) is 7.07. The van der Waals surface area contributed by atoms with Crippen LogP contribution in [0, 0.1) is 0 Å². The third-order valence-corrected chi connectivity index (χ3v) is 4.01. The summed E-state index contributed by atoms with van der Waals surface area (Å²) in [7, 11) is 0. The van der Waals surface area contributed by atoms with Crippen LogP contribution < -0.4 is 0 Å². The fourth-order valence-corrected chi connectivity index (χ4v) is 2.61. The van der Waals surface area contributed by atoms with E-state index in [0.29, 0.717) is 0 Å². The zero-order valence-electron chi connectivity index (χ0n) is 12.0. The van der Waals surface area contributed by atoms with Crippen LogP contribution in [0.2, 0.25) is 0 Å². The molecule has 0 bridgehead atoms. The van der Waals surface area contributed by atoms with E-state index in [2.05, 4.69) is 31.7 Å². The average Bonchev–Trinajstić information content (AvgIpc) is 2.30. The predicted octanol–water partition coefficient (Wildman–Crippen LogP) is 3.36. The highest BCUT2D eigenvalue weighted by Crippen LogP contribution is 2.26. The van der Waals surface area contributed by atoms with Gasteiger partial charge in [-0.05, 0) is 59.5 Å². The SMILES string of the molecule is CCC(C)(O)C(CC=C(C)C)N1CCCCC1. The summed E-state index contributed by atoms with van der Waals surface area (Å²) in [5.41, 5.74) is 0.780. The number of aliphatic hydroxyl groups is 1. The van der Waals surface area contributed by atoms with Crippen LogP contribution in [-0.4, -0.2) is 34.7 Å². The summed E-state index contributed by atoms with van der Waals surface area (Å²) in [6, 6.07) is 0.280. The van der Waals surface area contributed by atoms with Crippen LogP contribution in [0.25, 0.3) is 0 Å². The Kier molecular flexibility index (Phi) is 5.68. The molecule has 0 amide bonds. The van der Waals surface area contributed by atoms with Crippen molar-refractivity contribution in [3.8, 4) is 0 Å². The van der Waals surface area contributed by atoms with Crippen LogP contribution in [0.4, 0.5) is 0 Å². The Morgan fingerprint density at radius 3 is 2.35 bits per heavy atom.